The number of benzene rings is 1. The van der Waals surface area contributed by atoms with Gasteiger partial charge in [0.1, 0.15) is 29.1 Å². The van der Waals surface area contributed by atoms with Gasteiger partial charge in [-0.1, -0.05) is 0 Å². The molecule has 38 heavy (non-hydrogen) atoms. The standard InChI is InChI=1S/C17H11F2N5.2C2HF3O2/c18-8-1-2-9(13(19)5-8)15-10-3-4-14-12(7-22-24-14)16(10)23-17(21)11(15)6-20;2*3-2(4,5)1(6)7/h1-2,5,7H,3-4H2,(H2,21,23)(H,22,24);2*(H,6,7). The molecule has 4 rings (SSSR count). The molecule has 0 fully saturated rings. The minimum Gasteiger partial charge on any atom is -0.475 e. The van der Waals surface area contributed by atoms with Crippen molar-refractivity contribution in [1.82, 2.24) is 15.2 Å². The Morgan fingerprint density at radius 1 is 1.00 bits per heavy atom. The fourth-order valence-corrected chi connectivity index (χ4v) is 3.17. The minimum atomic E-state index is -5.08. The molecule has 0 bridgehead atoms. The molecule has 0 unspecified atom stereocenters. The number of aliphatic carboxylic acids is 2. The Balaban J connectivity index is 0.000000301. The van der Waals surface area contributed by atoms with Gasteiger partial charge in [-0.25, -0.2) is 23.4 Å². The van der Waals surface area contributed by atoms with Crippen LogP contribution in [0.1, 0.15) is 16.8 Å². The number of nitrogen functional groups attached to an aromatic ring is 1. The first-order valence-electron chi connectivity index (χ1n) is 9.79. The Morgan fingerprint density at radius 3 is 2.03 bits per heavy atom. The van der Waals surface area contributed by atoms with E-state index >= 15 is 0 Å². The van der Waals surface area contributed by atoms with Crippen LogP contribution >= 0.6 is 0 Å². The maximum absolute atomic E-state index is 14.4. The first-order valence-corrected chi connectivity index (χ1v) is 9.79. The van der Waals surface area contributed by atoms with Crippen molar-refractivity contribution in [2.45, 2.75) is 25.2 Å². The second kappa shape index (κ2) is 11.1. The Bertz CT molecular complexity index is 1390. The topological polar surface area (TPSA) is 166 Å². The quantitative estimate of drug-likeness (QED) is 0.326. The number of carbonyl (C=O) groups is 2. The van der Waals surface area contributed by atoms with Crippen molar-refractivity contribution in [2.24, 2.45) is 0 Å². The molecule has 0 amide bonds. The maximum Gasteiger partial charge on any atom is 0.490 e. The number of nitrogens with zero attached hydrogens (tertiary/aromatic N) is 3. The maximum atomic E-state index is 14.4. The molecule has 0 radical (unpaired) electrons. The van der Waals surface area contributed by atoms with E-state index in [9.17, 15) is 40.4 Å². The molecule has 0 spiro atoms. The van der Waals surface area contributed by atoms with E-state index < -0.39 is 35.9 Å². The normalized spacial score (nSPS) is 12.0. The lowest BCUT2D eigenvalue weighted by Crippen LogP contribution is -2.21. The molecule has 0 saturated carbocycles. The molecule has 17 heteroatoms. The number of H-pyrrole nitrogens is 1. The van der Waals surface area contributed by atoms with Crippen LogP contribution < -0.4 is 5.73 Å². The number of nitriles is 1. The van der Waals surface area contributed by atoms with Gasteiger partial charge in [-0.05, 0) is 30.5 Å². The van der Waals surface area contributed by atoms with Crippen molar-refractivity contribution in [3.63, 3.8) is 0 Å². The van der Waals surface area contributed by atoms with Gasteiger partial charge in [-0.3, -0.25) is 5.10 Å². The smallest absolute Gasteiger partial charge is 0.475 e. The molecule has 3 aromatic rings. The van der Waals surface area contributed by atoms with Crippen LogP contribution in [0.4, 0.5) is 40.9 Å². The molecule has 1 aliphatic carbocycles. The van der Waals surface area contributed by atoms with E-state index in [4.69, 9.17) is 25.5 Å². The zero-order valence-electron chi connectivity index (χ0n) is 18.4. The molecule has 9 nitrogen and oxygen atoms in total. The van der Waals surface area contributed by atoms with Gasteiger partial charge in [0.2, 0.25) is 0 Å². The van der Waals surface area contributed by atoms with Gasteiger partial charge in [-0.2, -0.15) is 36.7 Å². The number of hydrogen-bond donors (Lipinski definition) is 4. The molecule has 0 aliphatic heterocycles. The van der Waals surface area contributed by atoms with Crippen molar-refractivity contribution in [3.05, 3.63) is 52.9 Å². The number of rotatable bonds is 1. The van der Waals surface area contributed by atoms with Gasteiger partial charge in [0.05, 0.1) is 11.9 Å². The molecule has 0 saturated heterocycles. The lowest BCUT2D eigenvalue weighted by Gasteiger charge is -2.21. The molecule has 2 heterocycles. The van der Waals surface area contributed by atoms with E-state index in [1.165, 1.54) is 6.07 Å². The summed E-state index contributed by atoms with van der Waals surface area (Å²) in [5.41, 5.74) is 9.58. The molecule has 202 valence electrons. The predicted molar refractivity (Wildman–Crippen MR) is 111 cm³/mol. The van der Waals surface area contributed by atoms with Crippen LogP contribution in [-0.4, -0.2) is 49.7 Å². The largest absolute Gasteiger partial charge is 0.490 e. The van der Waals surface area contributed by atoms with E-state index in [0.29, 0.717) is 24.1 Å². The van der Waals surface area contributed by atoms with E-state index in [2.05, 4.69) is 15.2 Å². The number of halogens is 8. The van der Waals surface area contributed by atoms with E-state index in [-0.39, 0.29) is 16.9 Å². The fraction of sp³-hybridized carbons (Fsp3) is 0.190. The Kier molecular flexibility index (Phi) is 8.62. The number of anilines is 1. The molecule has 0 atom stereocenters. The van der Waals surface area contributed by atoms with E-state index in [1.54, 1.807) is 6.20 Å². The average molecular weight is 551 g/mol. The zero-order valence-corrected chi connectivity index (χ0v) is 18.4. The Labute approximate surface area is 206 Å². The van der Waals surface area contributed by atoms with Crippen LogP contribution in [0.3, 0.4) is 0 Å². The van der Waals surface area contributed by atoms with Crippen LogP contribution in [0.25, 0.3) is 22.4 Å². The third kappa shape index (κ3) is 6.72. The predicted octanol–water partition coefficient (Wildman–Crippen LogP) is 4.24. The summed E-state index contributed by atoms with van der Waals surface area (Å²) in [4.78, 5) is 22.1. The lowest BCUT2D eigenvalue weighted by atomic mass is 9.85. The first kappa shape index (κ1) is 29.5. The fourth-order valence-electron chi connectivity index (χ4n) is 3.17. The van der Waals surface area contributed by atoms with Gasteiger partial charge in [0.25, 0.3) is 0 Å². The highest BCUT2D eigenvalue weighted by Gasteiger charge is 2.39. The number of nitrogens with one attached hydrogen (secondary N) is 1. The number of hydrogen-bond acceptors (Lipinski definition) is 6. The van der Waals surface area contributed by atoms with Gasteiger partial charge in [0, 0.05) is 28.5 Å². The number of alkyl halides is 6. The SMILES string of the molecule is N#Cc1c(N)nc2c(c1-c1ccc(F)cc1F)CCc1[nH]ncc1-2.O=C(O)C(F)(F)F.O=C(O)C(F)(F)F. The molecule has 2 aromatic heterocycles. The van der Waals surface area contributed by atoms with Gasteiger partial charge in [-0.15, -0.1) is 0 Å². The summed E-state index contributed by atoms with van der Waals surface area (Å²) in [6.45, 7) is 0. The highest BCUT2D eigenvalue weighted by Crippen LogP contribution is 2.41. The minimum absolute atomic E-state index is 0.0176. The molecular weight excluding hydrogens is 538 g/mol. The van der Waals surface area contributed by atoms with E-state index in [1.807, 2.05) is 6.07 Å². The highest BCUT2D eigenvalue weighted by molar-refractivity contribution is 5.86. The third-order valence-corrected chi connectivity index (χ3v) is 4.72. The molecule has 1 aliphatic rings. The number of aromatic nitrogens is 3. The summed E-state index contributed by atoms with van der Waals surface area (Å²) in [7, 11) is 0. The summed E-state index contributed by atoms with van der Waals surface area (Å²) in [6, 6.07) is 5.28. The average Bonchev–Trinajstić information content (AvgIpc) is 3.27. The second-order valence-electron chi connectivity index (χ2n) is 7.18. The van der Waals surface area contributed by atoms with Crippen LogP contribution in [0.2, 0.25) is 0 Å². The second-order valence-corrected chi connectivity index (χ2v) is 7.18. The lowest BCUT2D eigenvalue weighted by molar-refractivity contribution is -0.193. The van der Waals surface area contributed by atoms with Crippen molar-refractivity contribution in [3.8, 4) is 28.5 Å². The summed E-state index contributed by atoms with van der Waals surface area (Å²) < 4.78 is 91.1. The first-order chi connectivity index (χ1) is 17.5. The van der Waals surface area contributed by atoms with Crippen LogP contribution in [0.15, 0.2) is 24.4 Å². The zero-order chi connectivity index (χ0) is 29.0. The Hall–Kier alpha value is -4.75. The number of aryl methyl sites for hydroxylation is 1. The van der Waals surface area contributed by atoms with Crippen molar-refractivity contribution < 1.29 is 54.9 Å². The number of carboxylic acid groups (broad SMARTS) is 2. The summed E-state index contributed by atoms with van der Waals surface area (Å²) in [5, 5.41) is 30.6. The van der Waals surface area contributed by atoms with Crippen LogP contribution in [0, 0.1) is 23.0 Å². The van der Waals surface area contributed by atoms with Gasteiger partial charge >= 0.3 is 24.3 Å². The molecule has 5 N–H and O–H groups in total. The van der Waals surface area contributed by atoms with Crippen molar-refractivity contribution in [2.75, 3.05) is 5.73 Å². The van der Waals surface area contributed by atoms with Crippen molar-refractivity contribution >= 4 is 17.8 Å². The highest BCUT2D eigenvalue weighted by atomic mass is 19.4. The molecular formula is C21H13F8N5O4. The monoisotopic (exact) mass is 551 g/mol. The summed E-state index contributed by atoms with van der Waals surface area (Å²) >= 11 is 0. The van der Waals surface area contributed by atoms with Crippen molar-refractivity contribution in [1.29, 1.82) is 5.26 Å². The number of aromatic amines is 1. The Morgan fingerprint density at radius 2 is 1.55 bits per heavy atom. The number of carboxylic acids is 2. The number of nitrogens with two attached hydrogens (primary N) is 1. The van der Waals surface area contributed by atoms with Crippen LogP contribution in [-0.2, 0) is 22.4 Å². The summed E-state index contributed by atoms with van der Waals surface area (Å²) in [6.07, 6.45) is -7.32. The number of pyridine rings is 1. The van der Waals surface area contributed by atoms with Gasteiger partial charge < -0.3 is 15.9 Å². The van der Waals surface area contributed by atoms with E-state index in [0.717, 1.165) is 29.0 Å². The summed E-state index contributed by atoms with van der Waals surface area (Å²) in [5.74, 6) is -6.91. The van der Waals surface area contributed by atoms with Crippen LogP contribution in [0.5, 0.6) is 0 Å². The van der Waals surface area contributed by atoms with Gasteiger partial charge in [0.15, 0.2) is 0 Å². The molecule has 1 aromatic carbocycles. The number of fused-ring (bicyclic) bond motifs is 3. The third-order valence-electron chi connectivity index (χ3n) is 4.72.